The van der Waals surface area contributed by atoms with Gasteiger partial charge in [-0.05, 0) is 41.0 Å². The van der Waals surface area contributed by atoms with E-state index in [0.29, 0.717) is 13.2 Å². The molecule has 4 aromatic rings. The molecule has 6 rings (SSSR count). The number of sulfone groups is 1. The second-order valence-electron chi connectivity index (χ2n) is 10.5. The quantitative estimate of drug-likeness (QED) is 0.221. The van der Waals surface area contributed by atoms with Crippen molar-refractivity contribution in [3.8, 4) is 5.75 Å². The van der Waals surface area contributed by atoms with Crippen LogP contribution in [0, 0.1) is 0 Å². The van der Waals surface area contributed by atoms with Gasteiger partial charge in [-0.15, -0.1) is 0 Å². The van der Waals surface area contributed by atoms with Crippen LogP contribution in [-0.2, 0) is 48.6 Å². The summed E-state index contributed by atoms with van der Waals surface area (Å²) < 4.78 is 59.4. The summed E-state index contributed by atoms with van der Waals surface area (Å²) >= 11 is 0. The molecule has 2 aliphatic heterocycles. The largest absolute Gasteiger partial charge is 0.497 e. The van der Waals surface area contributed by atoms with Crippen molar-refractivity contribution in [2.75, 3.05) is 7.11 Å². The molecule has 0 N–H and O–H groups in total. The number of methoxy groups -OCH3 is 1. The van der Waals surface area contributed by atoms with E-state index in [2.05, 4.69) is 0 Å². The topological polar surface area (TPSA) is 80.3 Å². The molecule has 0 unspecified atom stereocenters. The van der Waals surface area contributed by atoms with Gasteiger partial charge in [-0.1, -0.05) is 91.0 Å². The lowest BCUT2D eigenvalue weighted by Gasteiger charge is -2.37. The molecule has 7 nitrogen and oxygen atoms in total. The summed E-state index contributed by atoms with van der Waals surface area (Å²) in [4.78, 5) is 0.229. The summed E-state index contributed by atoms with van der Waals surface area (Å²) in [5, 5.41) is -0.972. The van der Waals surface area contributed by atoms with Gasteiger partial charge in [-0.3, -0.25) is 0 Å². The van der Waals surface area contributed by atoms with Gasteiger partial charge in [0.2, 0.25) is 0 Å². The van der Waals surface area contributed by atoms with Gasteiger partial charge in [0.15, 0.2) is 9.84 Å². The zero-order valence-electron chi connectivity index (χ0n) is 23.3. The molecule has 218 valence electrons. The van der Waals surface area contributed by atoms with Crippen LogP contribution in [0.2, 0.25) is 0 Å². The fourth-order valence-corrected chi connectivity index (χ4v) is 7.76. The van der Waals surface area contributed by atoms with Crippen LogP contribution in [0.5, 0.6) is 5.75 Å². The molecule has 2 heterocycles. The second-order valence-corrected chi connectivity index (χ2v) is 12.6. The van der Waals surface area contributed by atoms with Crippen molar-refractivity contribution in [2.24, 2.45) is 0 Å². The molecule has 6 atom stereocenters. The average Bonchev–Trinajstić information content (AvgIpc) is 3.59. The second kappa shape index (κ2) is 12.8. The zero-order chi connectivity index (χ0) is 28.9. The van der Waals surface area contributed by atoms with E-state index in [1.807, 2.05) is 84.9 Å². The van der Waals surface area contributed by atoms with Crippen molar-refractivity contribution in [3.05, 3.63) is 132 Å². The number of hydrogen-bond donors (Lipinski definition) is 0. The van der Waals surface area contributed by atoms with E-state index in [4.69, 9.17) is 23.7 Å². The molecule has 0 radical (unpaired) electrons. The number of hydrogen-bond acceptors (Lipinski definition) is 7. The highest BCUT2D eigenvalue weighted by Gasteiger charge is 2.65. The van der Waals surface area contributed by atoms with Gasteiger partial charge >= 0.3 is 0 Å². The van der Waals surface area contributed by atoms with Crippen LogP contribution in [-0.4, -0.2) is 51.3 Å². The van der Waals surface area contributed by atoms with E-state index >= 15 is 0 Å². The Kier molecular flexibility index (Phi) is 8.69. The first kappa shape index (κ1) is 28.6. The summed E-state index contributed by atoms with van der Waals surface area (Å²) in [6.07, 6.45) is -3.31. The van der Waals surface area contributed by atoms with Gasteiger partial charge in [-0.25, -0.2) is 8.42 Å². The van der Waals surface area contributed by atoms with E-state index in [1.165, 1.54) is 0 Å². The third-order valence-corrected chi connectivity index (χ3v) is 10.0. The molecule has 0 spiro atoms. The summed E-state index contributed by atoms with van der Waals surface area (Å²) in [5.74, 6) is 0.735. The van der Waals surface area contributed by atoms with Gasteiger partial charge in [0, 0.05) is 0 Å². The molecule has 8 heteroatoms. The van der Waals surface area contributed by atoms with Crippen LogP contribution in [0.25, 0.3) is 0 Å². The number of rotatable bonds is 12. The van der Waals surface area contributed by atoms with Crippen molar-refractivity contribution in [1.82, 2.24) is 0 Å². The Balaban J connectivity index is 1.31. The lowest BCUT2D eigenvalue weighted by molar-refractivity contribution is -0.120. The maximum Gasteiger partial charge on any atom is 0.186 e. The van der Waals surface area contributed by atoms with Crippen molar-refractivity contribution in [2.45, 2.75) is 60.5 Å². The van der Waals surface area contributed by atoms with Crippen LogP contribution in [0.3, 0.4) is 0 Å². The standard InChI is InChI=1S/C34H34O7S/c1-37-27-19-17-26(18-20-27)23-40-32-31-29(38-21-24-11-5-2-6-12-24)30(39-22-25-13-7-3-8-14-25)33(41-31)34(32)42(35,36)28-15-9-4-10-16-28/h2-20,29-34H,21-23H2,1H3/t29-,30+,31-,32-,33+,34+/m1/s1. The first-order valence-electron chi connectivity index (χ1n) is 14.0. The molecule has 2 fully saturated rings. The van der Waals surface area contributed by atoms with E-state index in [9.17, 15) is 8.42 Å². The van der Waals surface area contributed by atoms with Gasteiger partial charge in [0.25, 0.3) is 0 Å². The Hall–Kier alpha value is -3.53. The molecule has 0 amide bonds. The Morgan fingerprint density at radius 2 is 1.02 bits per heavy atom. The van der Waals surface area contributed by atoms with E-state index in [0.717, 1.165) is 22.4 Å². The van der Waals surface area contributed by atoms with Crippen molar-refractivity contribution in [3.63, 3.8) is 0 Å². The maximum absolute atomic E-state index is 14.2. The summed E-state index contributed by atoms with van der Waals surface area (Å²) in [7, 11) is -2.23. The molecule has 0 aliphatic carbocycles. The van der Waals surface area contributed by atoms with Crippen LogP contribution < -0.4 is 4.74 Å². The third-order valence-electron chi connectivity index (χ3n) is 7.86. The summed E-state index contributed by atoms with van der Waals surface area (Å²) in [5.41, 5.74) is 2.89. The fourth-order valence-electron chi connectivity index (χ4n) is 5.75. The molecule has 42 heavy (non-hydrogen) atoms. The van der Waals surface area contributed by atoms with Gasteiger partial charge in [0.1, 0.15) is 41.5 Å². The van der Waals surface area contributed by atoms with Crippen LogP contribution in [0.1, 0.15) is 16.7 Å². The highest BCUT2D eigenvalue weighted by molar-refractivity contribution is 7.92. The normalized spacial score (nSPS) is 25.0. The van der Waals surface area contributed by atoms with Crippen molar-refractivity contribution >= 4 is 9.84 Å². The first-order chi connectivity index (χ1) is 20.5. The Morgan fingerprint density at radius 1 is 0.571 bits per heavy atom. The van der Waals surface area contributed by atoms with E-state index < -0.39 is 45.6 Å². The molecular formula is C34H34O7S. The SMILES string of the molecule is COc1ccc(CO[C@@H]2[C@@H]3O[C@@H]([C@@H](OCc4ccccc4)[C@H]3OCc3ccccc3)[C@H]2S(=O)(=O)c2ccccc2)cc1. The monoisotopic (exact) mass is 586 g/mol. The van der Waals surface area contributed by atoms with E-state index in [1.54, 1.807) is 37.4 Å². The van der Waals surface area contributed by atoms with Crippen LogP contribution >= 0.6 is 0 Å². The molecule has 2 aliphatic rings. The molecule has 0 aromatic heterocycles. The minimum absolute atomic E-state index is 0.211. The molecule has 2 saturated heterocycles. The number of fused-ring (bicyclic) bond motifs is 2. The lowest BCUT2D eigenvalue weighted by Crippen LogP contribution is -2.57. The Labute approximate surface area is 246 Å². The molecule has 2 bridgehead atoms. The van der Waals surface area contributed by atoms with Gasteiger partial charge in [0.05, 0.1) is 31.8 Å². The minimum atomic E-state index is -3.85. The average molecular weight is 587 g/mol. The lowest BCUT2D eigenvalue weighted by atomic mass is 9.91. The van der Waals surface area contributed by atoms with Crippen LogP contribution in [0.15, 0.2) is 120 Å². The minimum Gasteiger partial charge on any atom is -0.497 e. The first-order valence-corrected chi connectivity index (χ1v) is 15.6. The van der Waals surface area contributed by atoms with Crippen molar-refractivity contribution < 1.29 is 32.1 Å². The molecule has 0 saturated carbocycles. The fraction of sp³-hybridized carbons (Fsp3) is 0.294. The summed E-state index contributed by atoms with van der Waals surface area (Å²) in [6.45, 7) is 0.854. The Morgan fingerprint density at radius 3 is 1.55 bits per heavy atom. The molecular weight excluding hydrogens is 552 g/mol. The smallest absolute Gasteiger partial charge is 0.186 e. The van der Waals surface area contributed by atoms with Crippen LogP contribution in [0.4, 0.5) is 0 Å². The Bertz CT molecular complexity index is 1530. The third kappa shape index (κ3) is 6.00. The van der Waals surface area contributed by atoms with Gasteiger partial charge < -0.3 is 23.7 Å². The highest BCUT2D eigenvalue weighted by Crippen LogP contribution is 2.45. The molecule has 4 aromatic carbocycles. The zero-order valence-corrected chi connectivity index (χ0v) is 24.1. The van der Waals surface area contributed by atoms with Crippen molar-refractivity contribution in [1.29, 1.82) is 0 Å². The number of ether oxygens (including phenoxy) is 5. The van der Waals surface area contributed by atoms with E-state index in [-0.39, 0.29) is 11.5 Å². The van der Waals surface area contributed by atoms with Gasteiger partial charge in [-0.2, -0.15) is 0 Å². The number of benzene rings is 4. The predicted molar refractivity (Wildman–Crippen MR) is 158 cm³/mol. The predicted octanol–water partition coefficient (Wildman–Crippen LogP) is 5.37. The summed E-state index contributed by atoms with van der Waals surface area (Å²) in [6, 6.07) is 35.7. The maximum atomic E-state index is 14.2. The highest BCUT2D eigenvalue weighted by atomic mass is 32.2.